The van der Waals surface area contributed by atoms with Crippen molar-refractivity contribution in [2.75, 3.05) is 13.2 Å². The zero-order valence-electron chi connectivity index (χ0n) is 37.0. The first-order valence-electron chi connectivity index (χ1n) is 24.1. The van der Waals surface area contributed by atoms with E-state index in [9.17, 15) is 40.5 Å². The summed E-state index contributed by atoms with van der Waals surface area (Å²) in [5.41, 5.74) is 0. The van der Waals surface area contributed by atoms with Gasteiger partial charge in [0, 0.05) is 0 Å². The fourth-order valence-corrected chi connectivity index (χ4v) is 7.78. The van der Waals surface area contributed by atoms with E-state index in [1.54, 1.807) is 0 Å². The van der Waals surface area contributed by atoms with E-state index < -0.39 is 74.2 Å². The van der Waals surface area contributed by atoms with E-state index in [0.717, 1.165) is 44.9 Å². The van der Waals surface area contributed by atoms with Crippen LogP contribution in [-0.4, -0.2) is 110 Å². The van der Waals surface area contributed by atoms with E-state index in [-0.39, 0.29) is 12.8 Å². The van der Waals surface area contributed by atoms with Gasteiger partial charge in [-0.15, -0.1) is 0 Å². The largest absolute Gasteiger partial charge is 0.394 e. The minimum atomic E-state index is -1.66. The Labute approximate surface area is 353 Å². The lowest BCUT2D eigenvalue weighted by Crippen LogP contribution is -2.60. The van der Waals surface area contributed by atoms with Crippen molar-refractivity contribution in [1.82, 2.24) is 5.32 Å². The predicted octanol–water partition coefficient (Wildman–Crippen LogP) is 8.06. The van der Waals surface area contributed by atoms with Gasteiger partial charge in [0.2, 0.25) is 5.91 Å². The first-order valence-corrected chi connectivity index (χ1v) is 24.1. The van der Waals surface area contributed by atoms with Gasteiger partial charge in [0.05, 0.1) is 25.4 Å². The van der Waals surface area contributed by atoms with Crippen molar-refractivity contribution < 1.29 is 50.0 Å². The van der Waals surface area contributed by atoms with E-state index in [1.165, 1.54) is 128 Å². The van der Waals surface area contributed by atoms with Crippen molar-refractivity contribution >= 4 is 5.91 Å². The average molecular weight is 830 g/mol. The molecule has 1 fully saturated rings. The number of aliphatic hydroxyl groups excluding tert-OH is 7. The molecule has 0 aliphatic carbocycles. The van der Waals surface area contributed by atoms with E-state index >= 15 is 0 Å². The molecule has 0 aromatic rings. The Kier molecular flexibility index (Phi) is 35.6. The molecule has 0 saturated carbocycles. The van der Waals surface area contributed by atoms with Crippen LogP contribution >= 0.6 is 0 Å². The van der Waals surface area contributed by atoms with Crippen LogP contribution < -0.4 is 5.32 Å². The summed E-state index contributed by atoms with van der Waals surface area (Å²) in [4.78, 5) is 13.0. The first-order chi connectivity index (χ1) is 28.2. The van der Waals surface area contributed by atoms with E-state index in [4.69, 9.17) is 9.47 Å². The highest BCUT2D eigenvalue weighted by molar-refractivity contribution is 5.80. The van der Waals surface area contributed by atoms with Crippen molar-refractivity contribution in [2.45, 2.75) is 268 Å². The number of hydrogen-bond acceptors (Lipinski definition) is 10. The van der Waals surface area contributed by atoms with Crippen LogP contribution in [0.4, 0.5) is 0 Å². The number of aliphatic hydroxyl groups is 7. The SMILES string of the molecule is CCCC/C=C/CCCC(O)C(O)C(COC1OC(CO)C(O)C(O)C1O)NC(=O)C(O)CCCCCCCCCCCCCCCCCCCCCCCCCC. The number of amides is 1. The molecule has 58 heavy (non-hydrogen) atoms. The molecule has 0 aromatic carbocycles. The molecule has 11 heteroatoms. The highest BCUT2D eigenvalue weighted by Gasteiger charge is 2.44. The van der Waals surface area contributed by atoms with Crippen molar-refractivity contribution in [3.8, 4) is 0 Å². The molecule has 1 aliphatic heterocycles. The summed E-state index contributed by atoms with van der Waals surface area (Å²) in [6.45, 7) is 3.34. The van der Waals surface area contributed by atoms with Crippen LogP contribution in [0.25, 0.3) is 0 Å². The van der Waals surface area contributed by atoms with Crippen LogP contribution in [0.5, 0.6) is 0 Å². The number of hydrogen-bond donors (Lipinski definition) is 8. The van der Waals surface area contributed by atoms with Crippen LogP contribution in [0.1, 0.15) is 213 Å². The lowest BCUT2D eigenvalue weighted by Gasteiger charge is -2.40. The summed E-state index contributed by atoms with van der Waals surface area (Å²) in [5, 5.41) is 75.3. The maximum absolute atomic E-state index is 13.0. The third-order valence-corrected chi connectivity index (χ3v) is 11.8. The molecule has 1 rings (SSSR count). The normalized spacial score (nSPS) is 22.0. The Morgan fingerprint density at radius 3 is 1.47 bits per heavy atom. The first kappa shape index (κ1) is 54.9. The minimum Gasteiger partial charge on any atom is -0.394 e. The fraction of sp³-hybridized carbons (Fsp3) is 0.936. The minimum absolute atomic E-state index is 0.258. The summed E-state index contributed by atoms with van der Waals surface area (Å²) in [7, 11) is 0. The molecule has 11 nitrogen and oxygen atoms in total. The number of carbonyl (C=O) groups excluding carboxylic acids is 1. The van der Waals surface area contributed by atoms with Gasteiger partial charge in [0.25, 0.3) is 0 Å². The molecule has 9 unspecified atom stereocenters. The Balaban J connectivity index is 2.26. The van der Waals surface area contributed by atoms with Gasteiger partial charge in [-0.2, -0.15) is 0 Å². The van der Waals surface area contributed by atoms with Crippen LogP contribution in [0.15, 0.2) is 12.2 Å². The number of unbranched alkanes of at least 4 members (excludes halogenated alkanes) is 26. The number of carbonyl (C=O) groups is 1. The van der Waals surface area contributed by atoms with Gasteiger partial charge in [0.15, 0.2) is 6.29 Å². The standard InChI is InChI=1S/C47H91NO10/c1-3-5-7-9-11-12-13-14-15-16-17-18-19-20-21-22-23-24-25-26-27-29-31-33-35-40(51)46(56)48-38(42(52)39(50)34-32-30-28-10-8-6-4-2)37-57-47-45(55)44(54)43(53)41(36-49)58-47/h10,28,38-45,47,49-55H,3-9,11-27,29-37H2,1-2H3,(H,48,56)/b28-10+. The van der Waals surface area contributed by atoms with E-state index in [1.807, 2.05) is 0 Å². The van der Waals surface area contributed by atoms with Crippen molar-refractivity contribution in [2.24, 2.45) is 0 Å². The Morgan fingerprint density at radius 1 is 0.586 bits per heavy atom. The maximum atomic E-state index is 13.0. The van der Waals surface area contributed by atoms with Crippen LogP contribution in [-0.2, 0) is 14.3 Å². The van der Waals surface area contributed by atoms with Gasteiger partial charge in [-0.1, -0.05) is 193 Å². The summed E-state index contributed by atoms with van der Waals surface area (Å²) >= 11 is 0. The monoisotopic (exact) mass is 830 g/mol. The topological polar surface area (TPSA) is 189 Å². The number of nitrogens with one attached hydrogen (secondary N) is 1. The zero-order valence-corrected chi connectivity index (χ0v) is 37.0. The smallest absolute Gasteiger partial charge is 0.249 e. The second kappa shape index (κ2) is 37.6. The maximum Gasteiger partial charge on any atom is 0.249 e. The highest BCUT2D eigenvalue weighted by atomic mass is 16.7. The predicted molar refractivity (Wildman–Crippen MR) is 233 cm³/mol. The molecule has 344 valence electrons. The molecule has 0 bridgehead atoms. The van der Waals surface area contributed by atoms with Crippen LogP contribution in [0.3, 0.4) is 0 Å². The lowest BCUT2D eigenvalue weighted by atomic mass is 9.98. The molecule has 1 aliphatic rings. The second-order valence-electron chi connectivity index (χ2n) is 17.2. The molecule has 8 N–H and O–H groups in total. The number of allylic oxidation sites excluding steroid dienone is 2. The van der Waals surface area contributed by atoms with Gasteiger partial charge >= 0.3 is 0 Å². The Bertz CT molecular complexity index is 954. The summed E-state index contributed by atoms with van der Waals surface area (Å²) in [5.74, 6) is -0.707. The third kappa shape index (κ3) is 26.9. The second-order valence-corrected chi connectivity index (χ2v) is 17.2. The third-order valence-electron chi connectivity index (χ3n) is 11.8. The van der Waals surface area contributed by atoms with E-state index in [0.29, 0.717) is 12.8 Å². The summed E-state index contributed by atoms with van der Waals surface area (Å²) in [6, 6.07) is -1.18. The molecule has 9 atom stereocenters. The van der Waals surface area contributed by atoms with Gasteiger partial charge < -0.3 is 50.5 Å². The van der Waals surface area contributed by atoms with Crippen LogP contribution in [0.2, 0.25) is 0 Å². The van der Waals surface area contributed by atoms with Gasteiger partial charge in [-0.3, -0.25) is 4.79 Å². The van der Waals surface area contributed by atoms with Crippen LogP contribution in [0, 0.1) is 0 Å². The molecule has 1 saturated heterocycles. The quantitative estimate of drug-likeness (QED) is 0.0222. The molecule has 0 radical (unpaired) electrons. The summed E-state index contributed by atoms with van der Waals surface area (Å²) in [6.07, 6.45) is 28.9. The molecule has 1 amide bonds. The summed E-state index contributed by atoms with van der Waals surface area (Å²) < 4.78 is 11.0. The van der Waals surface area contributed by atoms with Gasteiger partial charge in [-0.05, 0) is 32.1 Å². The highest BCUT2D eigenvalue weighted by Crippen LogP contribution is 2.23. The van der Waals surface area contributed by atoms with Gasteiger partial charge in [-0.25, -0.2) is 0 Å². The van der Waals surface area contributed by atoms with Gasteiger partial charge in [0.1, 0.15) is 36.6 Å². The number of rotatable bonds is 40. The lowest BCUT2D eigenvalue weighted by molar-refractivity contribution is -0.303. The van der Waals surface area contributed by atoms with Crippen molar-refractivity contribution in [3.05, 3.63) is 12.2 Å². The molecule has 1 heterocycles. The molecule has 0 spiro atoms. The molecular formula is C47H91NO10. The fourth-order valence-electron chi connectivity index (χ4n) is 7.78. The number of ether oxygens (including phenoxy) is 2. The zero-order chi connectivity index (χ0) is 42.6. The Hall–Kier alpha value is -1.15. The van der Waals surface area contributed by atoms with Crippen molar-refractivity contribution in [1.29, 1.82) is 0 Å². The average Bonchev–Trinajstić information content (AvgIpc) is 3.22. The molecule has 0 aromatic heterocycles. The Morgan fingerprint density at radius 2 is 1.02 bits per heavy atom. The molecular weight excluding hydrogens is 739 g/mol. The van der Waals surface area contributed by atoms with E-state index in [2.05, 4.69) is 31.3 Å². The van der Waals surface area contributed by atoms with Crippen molar-refractivity contribution in [3.63, 3.8) is 0 Å².